The van der Waals surface area contributed by atoms with E-state index in [0.29, 0.717) is 24.5 Å². The van der Waals surface area contributed by atoms with Crippen molar-refractivity contribution in [3.63, 3.8) is 0 Å². The molecular formula is C24H35N5O4S. The van der Waals surface area contributed by atoms with Gasteiger partial charge in [0.15, 0.2) is 5.75 Å². The summed E-state index contributed by atoms with van der Waals surface area (Å²) in [5, 5.41) is 11.7. The predicted molar refractivity (Wildman–Crippen MR) is 134 cm³/mol. The minimum Gasteiger partial charge on any atom is -0.454 e. The molecule has 0 atom stereocenters. The van der Waals surface area contributed by atoms with E-state index in [9.17, 15) is 13.2 Å². The number of piperazine rings is 1. The van der Waals surface area contributed by atoms with Crippen molar-refractivity contribution in [1.29, 1.82) is 0 Å². The number of benzene rings is 2. The number of carbonyl (C=O) groups is 1. The number of unbranched alkanes of at least 4 members (excludes halogenated alkanes) is 1. The molecule has 1 heterocycles. The van der Waals surface area contributed by atoms with Crippen molar-refractivity contribution >= 4 is 21.6 Å². The van der Waals surface area contributed by atoms with Gasteiger partial charge in [-0.2, -0.15) is 0 Å². The Labute approximate surface area is 202 Å². The number of nitrogens with one attached hydrogen (secondary N) is 2. The van der Waals surface area contributed by atoms with E-state index in [4.69, 9.17) is 9.88 Å². The van der Waals surface area contributed by atoms with Crippen molar-refractivity contribution in [3.8, 4) is 11.5 Å². The summed E-state index contributed by atoms with van der Waals surface area (Å²) in [5.74, 6) is 0.193. The highest BCUT2D eigenvalue weighted by Gasteiger charge is 2.24. The lowest BCUT2D eigenvalue weighted by Crippen LogP contribution is -2.46. The van der Waals surface area contributed by atoms with Gasteiger partial charge in [0.25, 0.3) is 5.91 Å². The molecule has 0 aromatic heterocycles. The van der Waals surface area contributed by atoms with Crippen molar-refractivity contribution in [3.05, 3.63) is 48.0 Å². The number of carbonyl (C=O) groups excluding carboxylic acids is 1. The Bertz CT molecular complexity index is 1050. The Morgan fingerprint density at radius 2 is 1.79 bits per heavy atom. The molecule has 1 aliphatic rings. The highest BCUT2D eigenvalue weighted by molar-refractivity contribution is 7.89. The van der Waals surface area contributed by atoms with E-state index in [1.807, 2.05) is 6.07 Å². The molecular weight excluding hydrogens is 454 g/mol. The van der Waals surface area contributed by atoms with Crippen LogP contribution in [0.1, 0.15) is 30.1 Å². The second kappa shape index (κ2) is 12.2. The minimum absolute atomic E-state index is 0.0822. The van der Waals surface area contributed by atoms with Crippen LogP contribution in [0.5, 0.6) is 11.5 Å². The quantitative estimate of drug-likeness (QED) is 0.415. The fraction of sp³-hybridized carbons (Fsp3) is 0.458. The van der Waals surface area contributed by atoms with Gasteiger partial charge in [-0.1, -0.05) is 31.5 Å². The monoisotopic (exact) mass is 489 g/mol. The molecule has 0 bridgehead atoms. The highest BCUT2D eigenvalue weighted by Crippen LogP contribution is 2.37. The van der Waals surface area contributed by atoms with Crippen molar-refractivity contribution in [2.75, 3.05) is 58.2 Å². The number of amides is 1. The van der Waals surface area contributed by atoms with Crippen LogP contribution in [0.3, 0.4) is 0 Å². The summed E-state index contributed by atoms with van der Waals surface area (Å²) in [6.45, 7) is 7.77. The third kappa shape index (κ3) is 7.42. The molecule has 1 amide bonds. The third-order valence-corrected chi connectivity index (χ3v) is 6.66. The standard InChI is InChI=1S/C24H35N5O4S/c1-3-4-10-26-21-17-19(24(30)27-11-12-29-15-13-28(2)14-16-29)18-22(34(25,31)32)23(21)33-20-8-6-5-7-9-20/h5-9,17-18,26H,3-4,10-16H2,1-2H3,(H,27,30)(H2,25,31,32). The van der Waals surface area contributed by atoms with Crippen LogP contribution in [-0.4, -0.2) is 77.0 Å². The zero-order valence-electron chi connectivity index (χ0n) is 19.9. The van der Waals surface area contributed by atoms with Crippen LogP contribution >= 0.6 is 0 Å². The highest BCUT2D eigenvalue weighted by atomic mass is 32.2. The Balaban J connectivity index is 1.83. The number of hydrogen-bond donors (Lipinski definition) is 3. The summed E-state index contributed by atoms with van der Waals surface area (Å²) in [6.07, 6.45) is 1.83. The average Bonchev–Trinajstić information content (AvgIpc) is 2.81. The fourth-order valence-corrected chi connectivity index (χ4v) is 4.39. The number of hydrogen-bond acceptors (Lipinski definition) is 7. The summed E-state index contributed by atoms with van der Waals surface area (Å²) in [5.41, 5.74) is 0.620. The molecule has 34 heavy (non-hydrogen) atoms. The molecule has 2 aromatic rings. The van der Waals surface area contributed by atoms with Gasteiger partial charge in [0.05, 0.1) is 5.69 Å². The van der Waals surface area contributed by atoms with Crippen molar-refractivity contribution in [1.82, 2.24) is 15.1 Å². The number of nitrogens with two attached hydrogens (primary N) is 1. The summed E-state index contributed by atoms with van der Waals surface area (Å²) in [7, 11) is -2.07. The molecule has 4 N–H and O–H groups in total. The largest absolute Gasteiger partial charge is 0.454 e. The summed E-state index contributed by atoms with van der Waals surface area (Å²) in [6, 6.07) is 11.8. The Morgan fingerprint density at radius 1 is 1.09 bits per heavy atom. The molecule has 1 aliphatic heterocycles. The van der Waals surface area contributed by atoms with E-state index < -0.39 is 10.0 Å². The van der Waals surface area contributed by atoms with Crippen molar-refractivity contribution in [2.24, 2.45) is 5.14 Å². The topological polar surface area (TPSA) is 117 Å². The van der Waals surface area contributed by atoms with Gasteiger partial charge in [-0.25, -0.2) is 13.6 Å². The molecule has 0 radical (unpaired) electrons. The molecule has 0 saturated carbocycles. The van der Waals surface area contributed by atoms with Crippen LogP contribution < -0.4 is 20.5 Å². The molecule has 1 saturated heterocycles. The molecule has 0 spiro atoms. The SMILES string of the molecule is CCCCNc1cc(C(=O)NCCN2CCN(C)CC2)cc(S(N)(=O)=O)c1Oc1ccccc1. The van der Waals surface area contributed by atoms with Gasteiger partial charge in [-0.15, -0.1) is 0 Å². The smallest absolute Gasteiger partial charge is 0.251 e. The maximum absolute atomic E-state index is 12.9. The summed E-state index contributed by atoms with van der Waals surface area (Å²) >= 11 is 0. The molecule has 2 aromatic carbocycles. The van der Waals surface area contributed by atoms with Crippen molar-refractivity contribution < 1.29 is 17.9 Å². The molecule has 3 rings (SSSR count). The fourth-order valence-electron chi connectivity index (χ4n) is 3.69. The first-order valence-corrected chi connectivity index (χ1v) is 13.2. The number of primary sulfonamides is 1. The zero-order valence-corrected chi connectivity index (χ0v) is 20.7. The first-order chi connectivity index (χ1) is 16.3. The lowest BCUT2D eigenvalue weighted by Gasteiger charge is -2.32. The number of sulfonamides is 1. The molecule has 186 valence electrons. The minimum atomic E-state index is -4.16. The van der Waals surface area contributed by atoms with Gasteiger partial charge in [0, 0.05) is 51.4 Å². The van der Waals surface area contributed by atoms with Crippen LogP contribution in [0.2, 0.25) is 0 Å². The Hall–Kier alpha value is -2.66. The van der Waals surface area contributed by atoms with Crippen LogP contribution in [0.4, 0.5) is 5.69 Å². The first-order valence-electron chi connectivity index (χ1n) is 11.6. The maximum Gasteiger partial charge on any atom is 0.251 e. The van der Waals surface area contributed by atoms with Gasteiger partial charge in [-0.3, -0.25) is 9.69 Å². The number of para-hydroxylation sites is 1. The number of rotatable bonds is 11. The lowest BCUT2D eigenvalue weighted by molar-refractivity contribution is 0.0941. The van der Waals surface area contributed by atoms with Gasteiger partial charge >= 0.3 is 0 Å². The van der Waals surface area contributed by atoms with Crippen LogP contribution in [0.25, 0.3) is 0 Å². The van der Waals surface area contributed by atoms with Crippen LogP contribution in [-0.2, 0) is 10.0 Å². The lowest BCUT2D eigenvalue weighted by atomic mass is 10.1. The molecule has 10 heteroatoms. The Kier molecular flexibility index (Phi) is 9.28. The zero-order chi connectivity index (χ0) is 24.6. The van der Waals surface area contributed by atoms with E-state index in [2.05, 4.69) is 34.4 Å². The van der Waals surface area contributed by atoms with Gasteiger partial charge in [0.1, 0.15) is 10.6 Å². The van der Waals surface area contributed by atoms with E-state index in [1.165, 1.54) is 6.07 Å². The van der Waals surface area contributed by atoms with E-state index in [1.54, 1.807) is 30.3 Å². The third-order valence-electron chi connectivity index (χ3n) is 5.74. The first kappa shape index (κ1) is 26.0. The number of likely N-dealkylation sites (N-methyl/N-ethyl adjacent to an activating group) is 1. The number of nitrogens with zero attached hydrogens (tertiary/aromatic N) is 2. The Morgan fingerprint density at radius 3 is 2.44 bits per heavy atom. The van der Waals surface area contributed by atoms with Gasteiger partial charge in [0.2, 0.25) is 10.0 Å². The molecule has 0 unspecified atom stereocenters. The van der Waals surface area contributed by atoms with Crippen LogP contribution in [0, 0.1) is 0 Å². The molecule has 0 aliphatic carbocycles. The van der Waals surface area contributed by atoms with E-state index in [0.717, 1.165) is 45.6 Å². The van der Waals surface area contributed by atoms with Gasteiger partial charge in [-0.05, 0) is 37.7 Å². The number of ether oxygens (including phenoxy) is 1. The van der Waals surface area contributed by atoms with E-state index >= 15 is 0 Å². The van der Waals surface area contributed by atoms with Crippen LogP contribution in [0.15, 0.2) is 47.4 Å². The molecule has 9 nitrogen and oxygen atoms in total. The maximum atomic E-state index is 12.9. The molecule has 1 fully saturated rings. The van der Waals surface area contributed by atoms with Crippen molar-refractivity contribution in [2.45, 2.75) is 24.7 Å². The van der Waals surface area contributed by atoms with E-state index in [-0.39, 0.29) is 22.1 Å². The predicted octanol–water partition coefficient (Wildman–Crippen LogP) is 2.32. The number of anilines is 1. The normalized spacial score (nSPS) is 15.1. The summed E-state index contributed by atoms with van der Waals surface area (Å²) in [4.78, 5) is 17.3. The van der Waals surface area contributed by atoms with Gasteiger partial charge < -0.3 is 20.3 Å². The second-order valence-electron chi connectivity index (χ2n) is 8.49. The average molecular weight is 490 g/mol. The second-order valence-corrected chi connectivity index (χ2v) is 10.0. The summed E-state index contributed by atoms with van der Waals surface area (Å²) < 4.78 is 30.9.